The number of carbonyl (C=O) groups is 2. The van der Waals surface area contributed by atoms with Crippen LogP contribution in [-0.4, -0.2) is 59.8 Å². The van der Waals surface area contributed by atoms with Crippen molar-refractivity contribution in [3.63, 3.8) is 0 Å². The number of nitrogens with one attached hydrogen (secondary N) is 1. The van der Waals surface area contributed by atoms with Gasteiger partial charge in [-0.1, -0.05) is 13.3 Å². The summed E-state index contributed by atoms with van der Waals surface area (Å²) in [6, 6.07) is 0. The molecular weight excluding hydrogens is 272 g/mol. The Morgan fingerprint density at radius 1 is 1.29 bits per heavy atom. The molecule has 0 spiro atoms. The lowest BCUT2D eigenvalue weighted by Gasteiger charge is -2.30. The first-order valence-corrected chi connectivity index (χ1v) is 7.90. The van der Waals surface area contributed by atoms with Gasteiger partial charge < -0.3 is 20.4 Å². The van der Waals surface area contributed by atoms with Gasteiger partial charge in [0.1, 0.15) is 0 Å². The first-order valence-electron chi connectivity index (χ1n) is 7.90. The van der Waals surface area contributed by atoms with E-state index in [2.05, 4.69) is 12.2 Å². The summed E-state index contributed by atoms with van der Waals surface area (Å²) in [5.74, 6) is -0.615. The van der Waals surface area contributed by atoms with Crippen LogP contribution in [0.5, 0.6) is 0 Å². The van der Waals surface area contributed by atoms with Gasteiger partial charge in [-0.3, -0.25) is 9.59 Å². The van der Waals surface area contributed by atoms with Gasteiger partial charge in [-0.05, 0) is 38.1 Å². The minimum Gasteiger partial charge on any atom is -0.481 e. The lowest BCUT2D eigenvalue weighted by molar-refractivity contribution is -0.145. The van der Waals surface area contributed by atoms with Crippen LogP contribution in [0.3, 0.4) is 0 Å². The number of piperidine rings is 1. The van der Waals surface area contributed by atoms with Gasteiger partial charge in [0.15, 0.2) is 0 Å². The van der Waals surface area contributed by atoms with Crippen molar-refractivity contribution < 1.29 is 19.8 Å². The van der Waals surface area contributed by atoms with E-state index in [1.54, 1.807) is 4.90 Å². The second-order valence-corrected chi connectivity index (χ2v) is 5.79. The molecule has 1 aliphatic rings. The molecule has 0 aliphatic carbocycles. The molecule has 3 N–H and O–H groups in total. The molecule has 6 nitrogen and oxygen atoms in total. The van der Waals surface area contributed by atoms with E-state index in [0.29, 0.717) is 38.4 Å². The highest BCUT2D eigenvalue weighted by atomic mass is 16.4. The van der Waals surface area contributed by atoms with Crippen LogP contribution in [0.2, 0.25) is 0 Å². The summed E-state index contributed by atoms with van der Waals surface area (Å²) >= 11 is 0. The molecule has 1 aliphatic heterocycles. The van der Waals surface area contributed by atoms with Crippen LogP contribution < -0.4 is 5.32 Å². The summed E-state index contributed by atoms with van der Waals surface area (Å²) < 4.78 is 0. The molecular formula is C15H28N2O4. The van der Waals surface area contributed by atoms with Gasteiger partial charge in [0, 0.05) is 19.7 Å². The Morgan fingerprint density at radius 2 is 1.95 bits per heavy atom. The van der Waals surface area contributed by atoms with E-state index in [1.165, 1.54) is 0 Å². The number of carbonyl (C=O) groups excluding carboxylic acids is 1. The number of carboxylic acid groups (broad SMARTS) is 1. The molecule has 0 radical (unpaired) electrons. The van der Waals surface area contributed by atoms with Crippen molar-refractivity contribution in [3.8, 4) is 0 Å². The minimum absolute atomic E-state index is 0.0399. The monoisotopic (exact) mass is 300 g/mol. The van der Waals surface area contributed by atoms with Crippen LogP contribution in [0.15, 0.2) is 0 Å². The third-order valence-corrected chi connectivity index (χ3v) is 4.14. The molecule has 1 rings (SSSR count). The third kappa shape index (κ3) is 6.44. The predicted molar refractivity (Wildman–Crippen MR) is 79.9 cm³/mol. The van der Waals surface area contributed by atoms with E-state index in [9.17, 15) is 9.59 Å². The molecule has 1 heterocycles. The van der Waals surface area contributed by atoms with E-state index < -0.39 is 5.97 Å². The average molecular weight is 300 g/mol. The van der Waals surface area contributed by atoms with E-state index in [0.717, 1.165) is 25.8 Å². The van der Waals surface area contributed by atoms with Crippen molar-refractivity contribution in [1.29, 1.82) is 0 Å². The molecule has 0 saturated carbocycles. The van der Waals surface area contributed by atoms with E-state index in [-0.39, 0.29) is 18.4 Å². The number of aliphatic hydroxyl groups excluding tert-OH is 1. The lowest BCUT2D eigenvalue weighted by atomic mass is 9.97. The number of hydrogen-bond acceptors (Lipinski definition) is 4. The number of aliphatic hydroxyl groups is 1. The number of amides is 1. The van der Waals surface area contributed by atoms with Crippen LogP contribution in [0.4, 0.5) is 0 Å². The Hall–Kier alpha value is -1.14. The molecule has 0 aromatic rings. The molecule has 1 unspecified atom stereocenters. The van der Waals surface area contributed by atoms with E-state index >= 15 is 0 Å². The summed E-state index contributed by atoms with van der Waals surface area (Å²) in [6.07, 6.45) is 3.97. The fourth-order valence-corrected chi connectivity index (χ4v) is 2.81. The molecule has 21 heavy (non-hydrogen) atoms. The normalized spacial score (nSPS) is 17.7. The van der Waals surface area contributed by atoms with Gasteiger partial charge in [0.05, 0.1) is 12.5 Å². The highest BCUT2D eigenvalue weighted by molar-refractivity contribution is 5.78. The van der Waals surface area contributed by atoms with Crippen molar-refractivity contribution in [2.24, 2.45) is 11.8 Å². The molecule has 0 bridgehead atoms. The summed E-state index contributed by atoms with van der Waals surface area (Å²) in [4.78, 5) is 24.6. The molecule has 1 amide bonds. The maximum absolute atomic E-state index is 12.0. The fraction of sp³-hybridized carbons (Fsp3) is 0.867. The Kier molecular flexibility index (Phi) is 8.30. The van der Waals surface area contributed by atoms with Crippen LogP contribution >= 0.6 is 0 Å². The van der Waals surface area contributed by atoms with Gasteiger partial charge in [0.2, 0.25) is 5.91 Å². The van der Waals surface area contributed by atoms with Crippen molar-refractivity contribution in [2.75, 3.05) is 32.8 Å². The first-order chi connectivity index (χ1) is 10.1. The molecule has 6 heteroatoms. The Balaban J connectivity index is 2.23. The quantitative estimate of drug-likeness (QED) is 0.583. The zero-order valence-corrected chi connectivity index (χ0v) is 12.9. The molecule has 1 atom stereocenters. The zero-order chi connectivity index (χ0) is 15.7. The van der Waals surface area contributed by atoms with Gasteiger partial charge >= 0.3 is 5.97 Å². The highest BCUT2D eigenvalue weighted by Gasteiger charge is 2.26. The molecule has 1 saturated heterocycles. The Bertz CT molecular complexity index is 322. The zero-order valence-electron chi connectivity index (χ0n) is 12.9. The van der Waals surface area contributed by atoms with Gasteiger partial charge in [-0.15, -0.1) is 0 Å². The molecule has 1 fully saturated rings. The van der Waals surface area contributed by atoms with Gasteiger partial charge in [-0.2, -0.15) is 0 Å². The summed E-state index contributed by atoms with van der Waals surface area (Å²) in [5.41, 5.74) is 0. The number of likely N-dealkylation sites (tertiary alicyclic amines) is 1. The molecule has 0 aromatic heterocycles. The SMILES string of the molecule is CCCC(CCO)CNCC(=O)N1CCC(C(=O)O)CC1. The van der Waals surface area contributed by atoms with Crippen LogP contribution in [-0.2, 0) is 9.59 Å². The summed E-state index contributed by atoms with van der Waals surface area (Å²) in [6.45, 7) is 4.40. The second-order valence-electron chi connectivity index (χ2n) is 5.79. The Morgan fingerprint density at radius 3 is 2.48 bits per heavy atom. The number of nitrogens with zero attached hydrogens (tertiary/aromatic N) is 1. The maximum Gasteiger partial charge on any atom is 0.306 e. The minimum atomic E-state index is -0.758. The summed E-state index contributed by atoms with van der Waals surface area (Å²) in [5, 5.41) is 21.1. The standard InChI is InChI=1S/C15H28N2O4/c1-2-3-12(6-9-18)10-16-11-14(19)17-7-4-13(5-8-17)15(20)21/h12-13,16,18H,2-11H2,1H3,(H,20,21). The first kappa shape index (κ1) is 17.9. The van der Waals surface area contributed by atoms with Gasteiger partial charge in [-0.25, -0.2) is 0 Å². The van der Waals surface area contributed by atoms with Crippen molar-refractivity contribution >= 4 is 11.9 Å². The number of hydrogen-bond donors (Lipinski definition) is 3. The molecule has 122 valence electrons. The second kappa shape index (κ2) is 9.73. The number of aliphatic carboxylic acids is 1. The van der Waals surface area contributed by atoms with Crippen LogP contribution in [0, 0.1) is 11.8 Å². The third-order valence-electron chi connectivity index (χ3n) is 4.14. The van der Waals surface area contributed by atoms with Crippen LogP contribution in [0.1, 0.15) is 39.0 Å². The average Bonchev–Trinajstić information content (AvgIpc) is 2.47. The lowest BCUT2D eigenvalue weighted by Crippen LogP contribution is -2.44. The summed E-state index contributed by atoms with van der Waals surface area (Å²) in [7, 11) is 0. The number of carboxylic acids is 1. The van der Waals surface area contributed by atoms with Crippen molar-refractivity contribution in [3.05, 3.63) is 0 Å². The Labute approximate surface area is 126 Å². The van der Waals surface area contributed by atoms with E-state index in [4.69, 9.17) is 10.2 Å². The van der Waals surface area contributed by atoms with Crippen LogP contribution in [0.25, 0.3) is 0 Å². The van der Waals surface area contributed by atoms with Gasteiger partial charge in [0.25, 0.3) is 0 Å². The van der Waals surface area contributed by atoms with E-state index in [1.807, 2.05) is 0 Å². The van der Waals surface area contributed by atoms with Crippen molar-refractivity contribution in [1.82, 2.24) is 10.2 Å². The highest BCUT2D eigenvalue weighted by Crippen LogP contribution is 2.17. The smallest absolute Gasteiger partial charge is 0.306 e. The fourth-order valence-electron chi connectivity index (χ4n) is 2.81. The largest absolute Gasteiger partial charge is 0.481 e. The predicted octanol–water partition coefficient (Wildman–Crippen LogP) is 0.698. The maximum atomic E-state index is 12.0. The van der Waals surface area contributed by atoms with Crippen molar-refractivity contribution in [2.45, 2.75) is 39.0 Å². The molecule has 0 aromatic carbocycles. The topological polar surface area (TPSA) is 89.9 Å². The number of rotatable bonds is 9.